The molecule has 3 rings (SSSR count). The Kier molecular flexibility index (Phi) is 2.90. The molecule has 1 saturated carbocycles. The Morgan fingerprint density at radius 3 is 2.89 bits per heavy atom. The number of epoxide rings is 1. The van der Waals surface area contributed by atoms with Crippen LogP contribution in [-0.2, 0) is 19.9 Å². The van der Waals surface area contributed by atoms with Crippen molar-refractivity contribution in [2.24, 2.45) is 0 Å². The molecule has 0 aromatic heterocycles. The van der Waals surface area contributed by atoms with Gasteiger partial charge in [-0.2, -0.15) is 0 Å². The molecule has 2 aliphatic rings. The van der Waals surface area contributed by atoms with Crippen LogP contribution in [0.5, 0.6) is 0 Å². The van der Waals surface area contributed by atoms with Gasteiger partial charge in [0, 0.05) is 6.08 Å². The monoisotopic (exact) mass is 262 g/mol. The van der Waals surface area contributed by atoms with Gasteiger partial charge in [0.1, 0.15) is 11.4 Å². The molecule has 0 amide bonds. The average molecular weight is 262 g/mol. The topological polar surface area (TPSA) is 38.8 Å². The number of rotatable bonds is 2. The molecule has 0 bridgehead atoms. The van der Waals surface area contributed by atoms with Gasteiger partial charge in [0.05, 0.1) is 13.2 Å². The predicted octanol–water partition coefficient (Wildman–Crippen LogP) is 2.70. The lowest BCUT2D eigenvalue weighted by atomic mass is 9.79. The second-order valence-electron chi connectivity index (χ2n) is 4.93. The van der Waals surface area contributed by atoms with Crippen LogP contribution in [0.15, 0.2) is 35.9 Å². The molecule has 1 saturated heterocycles. The second kappa shape index (κ2) is 4.46. The van der Waals surface area contributed by atoms with Crippen molar-refractivity contribution in [1.82, 2.24) is 0 Å². The van der Waals surface area contributed by atoms with Gasteiger partial charge < -0.3 is 9.47 Å². The minimum absolute atomic E-state index is 0.0996. The van der Waals surface area contributed by atoms with E-state index in [1.54, 1.807) is 12.1 Å². The van der Waals surface area contributed by atoms with Crippen molar-refractivity contribution in [3.63, 3.8) is 0 Å². The van der Waals surface area contributed by atoms with Crippen LogP contribution in [0.4, 0.5) is 4.39 Å². The first-order valence-corrected chi connectivity index (χ1v) is 6.39. The zero-order valence-corrected chi connectivity index (χ0v) is 10.7. The number of carbonyl (C=O) groups excluding carboxylic acids is 1. The van der Waals surface area contributed by atoms with Gasteiger partial charge in [-0.3, -0.25) is 0 Å². The summed E-state index contributed by atoms with van der Waals surface area (Å²) in [4.78, 5) is 11.5. The van der Waals surface area contributed by atoms with E-state index in [0.717, 1.165) is 30.4 Å². The fourth-order valence-electron chi connectivity index (χ4n) is 2.92. The van der Waals surface area contributed by atoms with Crippen LogP contribution < -0.4 is 0 Å². The summed E-state index contributed by atoms with van der Waals surface area (Å²) in [5.74, 6) is -0.640. The summed E-state index contributed by atoms with van der Waals surface area (Å²) in [6.45, 7) is 0. The predicted molar refractivity (Wildman–Crippen MR) is 66.9 cm³/mol. The Hall–Kier alpha value is -1.68. The summed E-state index contributed by atoms with van der Waals surface area (Å²) < 4.78 is 23.6. The quantitative estimate of drug-likeness (QED) is 0.467. The molecule has 100 valence electrons. The molecule has 2 fully saturated rings. The van der Waals surface area contributed by atoms with Gasteiger partial charge in [-0.05, 0) is 42.5 Å². The van der Waals surface area contributed by atoms with E-state index < -0.39 is 5.60 Å². The first-order chi connectivity index (χ1) is 9.16. The van der Waals surface area contributed by atoms with Gasteiger partial charge in [0.15, 0.2) is 0 Å². The molecule has 1 aromatic rings. The van der Waals surface area contributed by atoms with Gasteiger partial charge >= 0.3 is 5.97 Å². The Balaban J connectivity index is 1.99. The van der Waals surface area contributed by atoms with Gasteiger partial charge in [0.2, 0.25) is 0 Å². The molecule has 2 unspecified atom stereocenters. The SMILES string of the molecule is COC(=O)C=C1CCCC2OC12c1ccc(F)cc1. The van der Waals surface area contributed by atoms with E-state index in [1.807, 2.05) is 0 Å². The van der Waals surface area contributed by atoms with E-state index in [1.165, 1.54) is 25.3 Å². The summed E-state index contributed by atoms with van der Waals surface area (Å²) >= 11 is 0. The van der Waals surface area contributed by atoms with E-state index in [9.17, 15) is 9.18 Å². The van der Waals surface area contributed by atoms with Crippen molar-refractivity contribution in [1.29, 1.82) is 0 Å². The number of benzene rings is 1. The van der Waals surface area contributed by atoms with Crippen molar-refractivity contribution < 1.29 is 18.7 Å². The van der Waals surface area contributed by atoms with Crippen LogP contribution in [0.25, 0.3) is 0 Å². The summed E-state index contributed by atoms with van der Waals surface area (Å²) in [5, 5.41) is 0. The molecular formula is C15H15FO3. The highest BCUT2D eigenvalue weighted by atomic mass is 19.1. The van der Waals surface area contributed by atoms with E-state index >= 15 is 0 Å². The molecule has 0 spiro atoms. The molecule has 1 aliphatic carbocycles. The zero-order chi connectivity index (χ0) is 13.5. The van der Waals surface area contributed by atoms with E-state index in [4.69, 9.17) is 4.74 Å². The third-order valence-electron chi connectivity index (χ3n) is 3.88. The summed E-state index contributed by atoms with van der Waals surface area (Å²) in [6.07, 6.45) is 4.39. The van der Waals surface area contributed by atoms with Gasteiger partial charge in [-0.1, -0.05) is 12.1 Å². The Labute approximate surface area is 111 Å². The summed E-state index contributed by atoms with van der Waals surface area (Å²) in [7, 11) is 1.36. The lowest BCUT2D eigenvalue weighted by molar-refractivity contribution is -0.134. The third kappa shape index (κ3) is 1.96. The standard InChI is InChI=1S/C15H15FO3/c1-18-14(17)9-11-3-2-4-13-15(11,19-13)10-5-7-12(16)8-6-10/h5-9,13H,2-4H2,1H3. The number of ether oxygens (including phenoxy) is 2. The lowest BCUT2D eigenvalue weighted by Gasteiger charge is -2.21. The first kappa shape index (κ1) is 12.4. The molecule has 1 heterocycles. The second-order valence-corrected chi connectivity index (χ2v) is 4.93. The molecular weight excluding hydrogens is 247 g/mol. The largest absolute Gasteiger partial charge is 0.466 e. The number of halogens is 1. The number of fused-ring (bicyclic) bond motifs is 1. The number of hydrogen-bond acceptors (Lipinski definition) is 3. The molecule has 4 heteroatoms. The van der Waals surface area contributed by atoms with Crippen molar-refractivity contribution >= 4 is 5.97 Å². The number of methoxy groups -OCH3 is 1. The van der Waals surface area contributed by atoms with E-state index in [2.05, 4.69) is 4.74 Å². The normalized spacial score (nSPS) is 30.8. The summed E-state index contributed by atoms with van der Waals surface area (Å²) in [6, 6.07) is 6.30. The zero-order valence-electron chi connectivity index (χ0n) is 10.7. The molecule has 0 radical (unpaired) electrons. The first-order valence-electron chi connectivity index (χ1n) is 6.39. The molecule has 1 aliphatic heterocycles. The Morgan fingerprint density at radius 1 is 1.47 bits per heavy atom. The fraction of sp³-hybridized carbons (Fsp3) is 0.400. The van der Waals surface area contributed by atoms with Crippen LogP contribution in [0, 0.1) is 5.82 Å². The highest BCUT2D eigenvalue weighted by Gasteiger charge is 2.61. The summed E-state index contributed by atoms with van der Waals surface area (Å²) in [5.41, 5.74) is 1.32. The maximum absolute atomic E-state index is 13.0. The minimum Gasteiger partial charge on any atom is -0.466 e. The maximum atomic E-state index is 13.0. The van der Waals surface area contributed by atoms with Crippen molar-refractivity contribution in [2.75, 3.05) is 7.11 Å². The maximum Gasteiger partial charge on any atom is 0.330 e. The molecule has 0 N–H and O–H groups in total. The van der Waals surface area contributed by atoms with Gasteiger partial charge in [-0.25, -0.2) is 9.18 Å². The van der Waals surface area contributed by atoms with Crippen LogP contribution in [-0.4, -0.2) is 19.2 Å². The van der Waals surface area contributed by atoms with Crippen molar-refractivity contribution in [3.05, 3.63) is 47.3 Å². The fourth-order valence-corrected chi connectivity index (χ4v) is 2.92. The van der Waals surface area contributed by atoms with E-state index in [-0.39, 0.29) is 17.9 Å². The smallest absolute Gasteiger partial charge is 0.330 e. The third-order valence-corrected chi connectivity index (χ3v) is 3.88. The minimum atomic E-state index is -0.528. The van der Waals surface area contributed by atoms with Crippen LogP contribution >= 0.6 is 0 Å². The lowest BCUT2D eigenvalue weighted by Crippen LogP contribution is -2.21. The van der Waals surface area contributed by atoms with Crippen molar-refractivity contribution in [3.8, 4) is 0 Å². The molecule has 2 atom stereocenters. The highest BCUT2D eigenvalue weighted by molar-refractivity contribution is 5.83. The van der Waals surface area contributed by atoms with Crippen LogP contribution in [0.3, 0.4) is 0 Å². The average Bonchev–Trinajstić information content (AvgIpc) is 3.16. The molecule has 19 heavy (non-hydrogen) atoms. The van der Waals surface area contributed by atoms with Gasteiger partial charge in [0.25, 0.3) is 0 Å². The number of hydrogen-bond donors (Lipinski definition) is 0. The van der Waals surface area contributed by atoms with E-state index in [0.29, 0.717) is 0 Å². The molecule has 1 aromatic carbocycles. The van der Waals surface area contributed by atoms with Crippen LogP contribution in [0.1, 0.15) is 24.8 Å². The van der Waals surface area contributed by atoms with Crippen LogP contribution in [0.2, 0.25) is 0 Å². The van der Waals surface area contributed by atoms with Crippen molar-refractivity contribution in [2.45, 2.75) is 31.0 Å². The highest BCUT2D eigenvalue weighted by Crippen LogP contribution is 2.58. The molecule has 3 nitrogen and oxygen atoms in total. The number of carbonyl (C=O) groups is 1. The Bertz CT molecular complexity index is 535. The van der Waals surface area contributed by atoms with Gasteiger partial charge in [-0.15, -0.1) is 0 Å². The number of esters is 1. The Morgan fingerprint density at radius 2 is 2.21 bits per heavy atom.